The molecule has 0 saturated carbocycles. The fraction of sp³-hybridized carbons (Fsp3) is 0.667. The standard InChI is InChI=1S/C6H8N2O3S/c9-5(10)4-3-2(1-12-4)7-6(11)8-3/h2-4H,1H2,(H,9,10)(H2,7,8,11)/t2-,3-,4+/m0/s1. The van der Waals surface area contributed by atoms with E-state index in [2.05, 4.69) is 10.6 Å². The van der Waals surface area contributed by atoms with Crippen molar-refractivity contribution in [2.24, 2.45) is 0 Å². The summed E-state index contributed by atoms with van der Waals surface area (Å²) in [6.07, 6.45) is 0. The van der Waals surface area contributed by atoms with Crippen LogP contribution < -0.4 is 10.6 Å². The lowest BCUT2D eigenvalue weighted by atomic mass is 10.1. The molecule has 2 aliphatic rings. The molecule has 2 saturated heterocycles. The quantitative estimate of drug-likeness (QED) is 0.472. The van der Waals surface area contributed by atoms with Gasteiger partial charge in [0.15, 0.2) is 0 Å². The van der Waals surface area contributed by atoms with Crippen molar-refractivity contribution < 1.29 is 14.7 Å². The number of hydrogen-bond donors (Lipinski definition) is 3. The van der Waals surface area contributed by atoms with E-state index in [9.17, 15) is 9.59 Å². The van der Waals surface area contributed by atoms with Crippen molar-refractivity contribution in [3.63, 3.8) is 0 Å². The number of aliphatic carboxylic acids is 1. The first-order valence-electron chi connectivity index (χ1n) is 3.60. The lowest BCUT2D eigenvalue weighted by Crippen LogP contribution is -2.40. The Morgan fingerprint density at radius 3 is 3.00 bits per heavy atom. The lowest BCUT2D eigenvalue weighted by molar-refractivity contribution is -0.136. The Bertz CT molecular complexity index is 245. The molecule has 2 amide bonds. The molecule has 0 aromatic rings. The molecule has 0 bridgehead atoms. The Balaban J connectivity index is 2.13. The number of fused-ring (bicyclic) bond motifs is 1. The maximum absolute atomic E-state index is 10.8. The van der Waals surface area contributed by atoms with Crippen LogP contribution in [0.4, 0.5) is 4.79 Å². The van der Waals surface area contributed by atoms with Crippen molar-refractivity contribution in [3.05, 3.63) is 0 Å². The number of nitrogens with one attached hydrogen (secondary N) is 2. The van der Waals surface area contributed by atoms with E-state index in [0.717, 1.165) is 0 Å². The third-order valence-electron chi connectivity index (χ3n) is 2.07. The van der Waals surface area contributed by atoms with Crippen LogP contribution in [0.5, 0.6) is 0 Å². The normalized spacial score (nSPS) is 38.7. The van der Waals surface area contributed by atoms with E-state index in [1.807, 2.05) is 0 Å². The van der Waals surface area contributed by atoms with Crippen LogP contribution in [0, 0.1) is 0 Å². The van der Waals surface area contributed by atoms with E-state index < -0.39 is 11.2 Å². The number of hydrogen-bond acceptors (Lipinski definition) is 3. The summed E-state index contributed by atoms with van der Waals surface area (Å²) in [5.74, 6) is -0.170. The third kappa shape index (κ3) is 1.03. The zero-order chi connectivity index (χ0) is 8.72. The summed E-state index contributed by atoms with van der Waals surface area (Å²) in [7, 11) is 0. The van der Waals surface area contributed by atoms with Gasteiger partial charge in [0, 0.05) is 5.75 Å². The molecule has 0 aromatic heterocycles. The van der Waals surface area contributed by atoms with Crippen molar-refractivity contribution in [2.75, 3.05) is 5.75 Å². The Morgan fingerprint density at radius 1 is 1.58 bits per heavy atom. The summed E-state index contributed by atoms with van der Waals surface area (Å²) in [6, 6.07) is -0.500. The minimum Gasteiger partial charge on any atom is -0.480 e. The van der Waals surface area contributed by atoms with Crippen molar-refractivity contribution >= 4 is 23.8 Å². The average molecular weight is 188 g/mol. The molecule has 3 N–H and O–H groups in total. The largest absolute Gasteiger partial charge is 0.480 e. The second-order valence-electron chi connectivity index (χ2n) is 2.84. The van der Waals surface area contributed by atoms with E-state index in [0.29, 0.717) is 5.75 Å². The van der Waals surface area contributed by atoms with Crippen LogP contribution >= 0.6 is 11.8 Å². The average Bonchev–Trinajstić information content (AvgIpc) is 2.43. The highest BCUT2D eigenvalue weighted by Crippen LogP contribution is 2.29. The number of thioether (sulfide) groups is 1. The SMILES string of the molecule is O=C1N[C@H]2[C@H](CS[C@H]2C(=O)O)N1. The molecule has 2 fully saturated rings. The van der Waals surface area contributed by atoms with Crippen molar-refractivity contribution in [2.45, 2.75) is 17.3 Å². The molecule has 0 aromatic carbocycles. The molecule has 0 spiro atoms. The van der Waals surface area contributed by atoms with E-state index in [1.54, 1.807) is 0 Å². The topological polar surface area (TPSA) is 78.4 Å². The first kappa shape index (κ1) is 7.72. The van der Waals surface area contributed by atoms with Gasteiger partial charge in [-0.15, -0.1) is 11.8 Å². The van der Waals surface area contributed by atoms with E-state index in [4.69, 9.17) is 5.11 Å². The predicted molar refractivity (Wildman–Crippen MR) is 43.1 cm³/mol. The molecule has 2 heterocycles. The number of amides is 2. The first-order chi connectivity index (χ1) is 5.68. The highest BCUT2D eigenvalue weighted by molar-refractivity contribution is 8.01. The van der Waals surface area contributed by atoms with Gasteiger partial charge in [0.2, 0.25) is 0 Å². The number of urea groups is 1. The summed E-state index contributed by atoms with van der Waals surface area (Å²) in [6.45, 7) is 0. The molecule has 6 heteroatoms. The van der Waals surface area contributed by atoms with Crippen molar-refractivity contribution in [3.8, 4) is 0 Å². The molecule has 0 unspecified atom stereocenters. The van der Waals surface area contributed by atoms with Gasteiger partial charge in [0.25, 0.3) is 0 Å². The maximum atomic E-state index is 10.8. The van der Waals surface area contributed by atoms with Gasteiger partial charge in [0.1, 0.15) is 5.25 Å². The Hall–Kier alpha value is -0.910. The summed E-state index contributed by atoms with van der Waals surface area (Å²) in [5.41, 5.74) is 0. The van der Waals surface area contributed by atoms with Gasteiger partial charge in [-0.2, -0.15) is 0 Å². The number of carbonyl (C=O) groups is 2. The summed E-state index contributed by atoms with van der Waals surface area (Å²) >= 11 is 1.37. The molecular formula is C6H8N2O3S. The molecule has 3 atom stereocenters. The summed E-state index contributed by atoms with van der Waals surface area (Å²) in [4.78, 5) is 21.5. The minimum absolute atomic E-state index is 0.0106. The molecule has 2 rings (SSSR count). The highest BCUT2D eigenvalue weighted by atomic mass is 32.2. The fourth-order valence-corrected chi connectivity index (χ4v) is 2.83. The maximum Gasteiger partial charge on any atom is 0.318 e. The first-order valence-corrected chi connectivity index (χ1v) is 4.65. The number of rotatable bonds is 1. The van der Waals surface area contributed by atoms with Gasteiger partial charge in [-0.25, -0.2) is 4.79 Å². The van der Waals surface area contributed by atoms with Gasteiger partial charge >= 0.3 is 12.0 Å². The predicted octanol–water partition coefficient (Wildman–Crippen LogP) is -0.764. The number of carbonyl (C=O) groups excluding carboxylic acids is 1. The molecule has 66 valence electrons. The van der Waals surface area contributed by atoms with E-state index in [-0.39, 0.29) is 18.1 Å². The van der Waals surface area contributed by atoms with Gasteiger partial charge in [-0.1, -0.05) is 0 Å². The van der Waals surface area contributed by atoms with Crippen molar-refractivity contribution in [1.82, 2.24) is 10.6 Å². The van der Waals surface area contributed by atoms with Crippen LogP contribution in [0.25, 0.3) is 0 Å². The Morgan fingerprint density at radius 2 is 2.33 bits per heavy atom. The molecule has 0 radical (unpaired) electrons. The monoisotopic (exact) mass is 188 g/mol. The van der Waals surface area contributed by atoms with Crippen LogP contribution in [0.15, 0.2) is 0 Å². The molecule has 12 heavy (non-hydrogen) atoms. The van der Waals surface area contributed by atoms with E-state index in [1.165, 1.54) is 11.8 Å². The minimum atomic E-state index is -0.850. The Labute approximate surface area is 72.9 Å². The molecular weight excluding hydrogens is 180 g/mol. The van der Waals surface area contributed by atoms with Crippen LogP contribution in [0.1, 0.15) is 0 Å². The zero-order valence-corrected chi connectivity index (χ0v) is 6.93. The number of carboxylic acids is 1. The highest BCUT2D eigenvalue weighted by Gasteiger charge is 2.46. The van der Waals surface area contributed by atoms with Crippen LogP contribution in [-0.4, -0.2) is 40.2 Å². The van der Waals surface area contributed by atoms with Crippen LogP contribution in [0.2, 0.25) is 0 Å². The fourth-order valence-electron chi connectivity index (χ4n) is 1.52. The molecule has 2 aliphatic heterocycles. The van der Waals surface area contributed by atoms with Crippen LogP contribution in [-0.2, 0) is 4.79 Å². The summed E-state index contributed by atoms with van der Waals surface area (Å²) in [5, 5.41) is 13.5. The second-order valence-corrected chi connectivity index (χ2v) is 4.02. The van der Waals surface area contributed by atoms with Gasteiger partial charge in [-0.3, -0.25) is 4.79 Å². The number of carboxylic acid groups (broad SMARTS) is 1. The third-order valence-corrected chi connectivity index (χ3v) is 3.48. The van der Waals surface area contributed by atoms with Gasteiger partial charge in [0.05, 0.1) is 12.1 Å². The van der Waals surface area contributed by atoms with Gasteiger partial charge in [-0.05, 0) is 0 Å². The second kappa shape index (κ2) is 2.55. The van der Waals surface area contributed by atoms with E-state index >= 15 is 0 Å². The van der Waals surface area contributed by atoms with Crippen molar-refractivity contribution in [1.29, 1.82) is 0 Å². The zero-order valence-electron chi connectivity index (χ0n) is 6.11. The Kier molecular flexibility index (Phi) is 1.64. The lowest BCUT2D eigenvalue weighted by Gasteiger charge is -2.10. The molecule has 5 nitrogen and oxygen atoms in total. The molecule has 0 aliphatic carbocycles. The van der Waals surface area contributed by atoms with Gasteiger partial charge < -0.3 is 15.7 Å². The van der Waals surface area contributed by atoms with Crippen LogP contribution in [0.3, 0.4) is 0 Å². The summed E-state index contributed by atoms with van der Waals surface area (Å²) < 4.78 is 0. The smallest absolute Gasteiger partial charge is 0.318 e.